The molecule has 2 aromatic rings. The molecule has 108 valence electrons. The third kappa shape index (κ3) is 3.22. The summed E-state index contributed by atoms with van der Waals surface area (Å²) >= 11 is 1.34. The Morgan fingerprint density at radius 1 is 1.30 bits per heavy atom. The molecule has 4 nitrogen and oxygen atoms in total. The quantitative estimate of drug-likeness (QED) is 0.855. The van der Waals surface area contributed by atoms with E-state index in [1.807, 2.05) is 13.0 Å². The highest BCUT2D eigenvalue weighted by atomic mass is 32.1. The smallest absolute Gasteiger partial charge is 0.197 e. The molecule has 0 unspecified atom stereocenters. The van der Waals surface area contributed by atoms with Crippen LogP contribution in [0.4, 0.5) is 10.8 Å². The van der Waals surface area contributed by atoms with E-state index in [0.717, 1.165) is 11.5 Å². The van der Waals surface area contributed by atoms with Crippen LogP contribution in [0.2, 0.25) is 0 Å². The van der Waals surface area contributed by atoms with E-state index >= 15 is 0 Å². The molecule has 0 saturated heterocycles. The van der Waals surface area contributed by atoms with Gasteiger partial charge in [0.1, 0.15) is 0 Å². The van der Waals surface area contributed by atoms with E-state index < -0.39 is 0 Å². The third-order valence-electron chi connectivity index (χ3n) is 3.21. The van der Waals surface area contributed by atoms with Crippen LogP contribution in [0.15, 0.2) is 30.3 Å². The average molecular weight is 291 g/mol. The Kier molecular flexibility index (Phi) is 4.49. The number of aromatic nitrogens is 1. The first-order valence-electron chi connectivity index (χ1n) is 6.72. The number of nitrogens with two attached hydrogens (primary N) is 1. The number of rotatable bonds is 6. The van der Waals surface area contributed by atoms with Crippen LogP contribution in [0.3, 0.4) is 0 Å². The van der Waals surface area contributed by atoms with Gasteiger partial charge in [0.25, 0.3) is 0 Å². The lowest BCUT2D eigenvalue weighted by Gasteiger charge is -2.25. The Balaban J connectivity index is 2.08. The molecule has 1 aromatic carbocycles. The minimum Gasteiger partial charge on any atom is -0.487 e. The van der Waals surface area contributed by atoms with Gasteiger partial charge in [-0.15, -0.1) is 0 Å². The molecular weight excluding hydrogens is 270 g/mol. The Morgan fingerprint density at radius 3 is 2.65 bits per heavy atom. The monoisotopic (exact) mass is 291 g/mol. The number of hydrogen-bond donors (Lipinski definition) is 2. The van der Waals surface area contributed by atoms with Gasteiger partial charge in [0.2, 0.25) is 0 Å². The van der Waals surface area contributed by atoms with Crippen molar-refractivity contribution in [2.75, 3.05) is 24.2 Å². The van der Waals surface area contributed by atoms with Crippen molar-refractivity contribution in [2.24, 2.45) is 0 Å². The second kappa shape index (κ2) is 6.13. The maximum Gasteiger partial charge on any atom is 0.197 e. The molecule has 0 atom stereocenters. The summed E-state index contributed by atoms with van der Waals surface area (Å²) in [6, 6.07) is 10.4. The molecule has 0 radical (unpaired) electrons. The highest BCUT2D eigenvalue weighted by Gasteiger charge is 2.22. The largest absolute Gasteiger partial charge is 0.487 e. The van der Waals surface area contributed by atoms with Crippen LogP contribution in [0, 0.1) is 0 Å². The van der Waals surface area contributed by atoms with E-state index in [4.69, 9.17) is 10.5 Å². The Morgan fingerprint density at radius 2 is 2.00 bits per heavy atom. The van der Waals surface area contributed by atoms with Crippen molar-refractivity contribution in [2.45, 2.75) is 26.2 Å². The van der Waals surface area contributed by atoms with Crippen molar-refractivity contribution in [3.05, 3.63) is 35.9 Å². The summed E-state index contributed by atoms with van der Waals surface area (Å²) in [5, 5.41) is 4.31. The number of nitrogens with one attached hydrogen (secondary N) is 1. The third-order valence-corrected chi connectivity index (χ3v) is 4.01. The highest BCUT2D eigenvalue weighted by molar-refractivity contribution is 7.11. The predicted octanol–water partition coefficient (Wildman–Crippen LogP) is 3.51. The zero-order valence-electron chi connectivity index (χ0n) is 12.1. The molecule has 0 aliphatic heterocycles. The first kappa shape index (κ1) is 14.7. The molecular formula is C15H21N3OS. The minimum absolute atomic E-state index is 0.0174. The summed E-state index contributed by atoms with van der Waals surface area (Å²) in [6.45, 7) is 7.73. The van der Waals surface area contributed by atoms with Gasteiger partial charge in [0.05, 0.1) is 6.61 Å². The van der Waals surface area contributed by atoms with Crippen molar-refractivity contribution in [1.29, 1.82) is 0 Å². The van der Waals surface area contributed by atoms with Gasteiger partial charge < -0.3 is 15.8 Å². The van der Waals surface area contributed by atoms with Gasteiger partial charge in [-0.3, -0.25) is 0 Å². The van der Waals surface area contributed by atoms with Gasteiger partial charge in [0.15, 0.2) is 16.6 Å². The summed E-state index contributed by atoms with van der Waals surface area (Å²) in [4.78, 5) is 0. The van der Waals surface area contributed by atoms with Gasteiger partial charge >= 0.3 is 0 Å². The van der Waals surface area contributed by atoms with Crippen LogP contribution in [0.5, 0.6) is 5.75 Å². The van der Waals surface area contributed by atoms with Crippen LogP contribution in [-0.2, 0) is 5.41 Å². The molecule has 5 heteroatoms. The van der Waals surface area contributed by atoms with Crippen molar-refractivity contribution in [3.63, 3.8) is 0 Å². The van der Waals surface area contributed by atoms with E-state index in [2.05, 4.69) is 47.8 Å². The zero-order valence-corrected chi connectivity index (χ0v) is 13.0. The second-order valence-corrected chi connectivity index (χ2v) is 6.04. The maximum absolute atomic E-state index is 5.81. The van der Waals surface area contributed by atoms with E-state index in [0.29, 0.717) is 18.2 Å². The molecule has 0 aliphatic carbocycles. The summed E-state index contributed by atoms with van der Waals surface area (Å²) in [6.07, 6.45) is 0. The fourth-order valence-electron chi connectivity index (χ4n) is 1.98. The highest BCUT2D eigenvalue weighted by Crippen LogP contribution is 2.36. The molecule has 1 aromatic heterocycles. The van der Waals surface area contributed by atoms with Crippen LogP contribution in [0.25, 0.3) is 0 Å². The SMILES string of the molecule is CCOc1c(N)nsc1NCC(C)(C)c1ccccc1. The van der Waals surface area contributed by atoms with Crippen LogP contribution >= 0.6 is 11.5 Å². The lowest BCUT2D eigenvalue weighted by molar-refractivity contribution is 0.344. The van der Waals surface area contributed by atoms with Crippen LogP contribution in [-0.4, -0.2) is 17.5 Å². The van der Waals surface area contributed by atoms with E-state index in [1.54, 1.807) is 0 Å². The summed E-state index contributed by atoms with van der Waals surface area (Å²) in [7, 11) is 0. The predicted molar refractivity (Wildman–Crippen MR) is 85.7 cm³/mol. The summed E-state index contributed by atoms with van der Waals surface area (Å²) in [5.41, 5.74) is 7.12. The summed E-state index contributed by atoms with van der Waals surface area (Å²) < 4.78 is 9.68. The fraction of sp³-hybridized carbons (Fsp3) is 0.400. The first-order chi connectivity index (χ1) is 9.54. The van der Waals surface area contributed by atoms with Gasteiger partial charge in [-0.2, -0.15) is 4.37 Å². The number of nitrogens with zero attached hydrogens (tertiary/aromatic N) is 1. The minimum atomic E-state index is 0.0174. The van der Waals surface area contributed by atoms with Crippen molar-refractivity contribution in [1.82, 2.24) is 4.37 Å². The molecule has 0 aliphatic rings. The molecule has 0 amide bonds. The number of benzene rings is 1. The fourth-order valence-corrected chi connectivity index (χ4v) is 2.64. The maximum atomic E-state index is 5.81. The molecule has 1 heterocycles. The Hall–Kier alpha value is -1.75. The molecule has 3 N–H and O–H groups in total. The lowest BCUT2D eigenvalue weighted by atomic mass is 9.85. The summed E-state index contributed by atoms with van der Waals surface area (Å²) in [5.74, 6) is 1.12. The van der Waals surface area contributed by atoms with Crippen LogP contribution < -0.4 is 15.8 Å². The molecule has 2 rings (SSSR count). The molecule has 0 saturated carbocycles. The molecule has 20 heavy (non-hydrogen) atoms. The van der Waals surface area contributed by atoms with Crippen LogP contribution in [0.1, 0.15) is 26.3 Å². The molecule has 0 spiro atoms. The Labute approximate surface area is 124 Å². The van der Waals surface area contributed by atoms with Crippen molar-refractivity contribution < 1.29 is 4.74 Å². The van der Waals surface area contributed by atoms with Gasteiger partial charge in [-0.25, -0.2) is 0 Å². The molecule has 0 fully saturated rings. The second-order valence-electron chi connectivity index (χ2n) is 5.26. The normalized spacial score (nSPS) is 11.3. The molecule has 0 bridgehead atoms. The topological polar surface area (TPSA) is 60.2 Å². The van der Waals surface area contributed by atoms with Crippen molar-refractivity contribution >= 4 is 22.4 Å². The Bertz CT molecular complexity index is 552. The van der Waals surface area contributed by atoms with Gasteiger partial charge in [0, 0.05) is 12.0 Å². The number of ether oxygens (including phenoxy) is 1. The van der Waals surface area contributed by atoms with Gasteiger partial charge in [-0.05, 0) is 24.0 Å². The van der Waals surface area contributed by atoms with Gasteiger partial charge in [-0.1, -0.05) is 44.2 Å². The number of nitrogen functional groups attached to an aromatic ring is 1. The van der Waals surface area contributed by atoms with Crippen molar-refractivity contribution in [3.8, 4) is 5.75 Å². The zero-order chi connectivity index (χ0) is 14.6. The lowest BCUT2D eigenvalue weighted by Crippen LogP contribution is -2.27. The number of anilines is 2. The first-order valence-corrected chi connectivity index (χ1v) is 7.49. The average Bonchev–Trinajstić information content (AvgIpc) is 2.79. The van der Waals surface area contributed by atoms with E-state index in [9.17, 15) is 0 Å². The number of hydrogen-bond acceptors (Lipinski definition) is 5. The standard InChI is InChI=1S/C15H21N3OS/c1-4-19-12-13(16)18-20-14(12)17-10-15(2,3)11-8-6-5-7-9-11/h5-9,17H,4,10H2,1-3H3,(H2,16,18). The van der Waals surface area contributed by atoms with E-state index in [-0.39, 0.29) is 5.41 Å². The van der Waals surface area contributed by atoms with E-state index in [1.165, 1.54) is 17.1 Å².